The summed E-state index contributed by atoms with van der Waals surface area (Å²) in [7, 11) is 0. The van der Waals surface area contributed by atoms with Crippen LogP contribution in [0.5, 0.6) is 0 Å². The van der Waals surface area contributed by atoms with Crippen LogP contribution in [0, 0.1) is 35.5 Å². The van der Waals surface area contributed by atoms with Crippen LogP contribution < -0.4 is 16.0 Å². The van der Waals surface area contributed by atoms with Crippen LogP contribution in [0.1, 0.15) is 83.8 Å². The van der Waals surface area contributed by atoms with Gasteiger partial charge in [0, 0.05) is 0 Å². The van der Waals surface area contributed by atoms with Crippen LogP contribution in [0.25, 0.3) is 11.0 Å². The maximum absolute atomic E-state index is 7.99. The average Bonchev–Trinajstić information content (AvgIpc) is 3.99. The van der Waals surface area contributed by atoms with Gasteiger partial charge in [0.05, 0.1) is 0 Å². The fraction of sp³-hybridized carbons (Fsp3) is 0.500. The Labute approximate surface area is 356 Å². The number of rotatable bonds is 6. The normalized spacial score (nSPS) is 31.8. The van der Waals surface area contributed by atoms with Gasteiger partial charge in [0.1, 0.15) is 0 Å². The van der Waals surface area contributed by atoms with Crippen molar-refractivity contribution in [3.05, 3.63) is 59.0 Å². The number of hydrogen-bond acceptors (Lipinski definition) is 17. The molecule has 2 saturated carbocycles. The molecule has 0 radical (unpaired) electrons. The predicted octanol–water partition coefficient (Wildman–Crippen LogP) is 4.72. The van der Waals surface area contributed by atoms with E-state index in [4.69, 9.17) is 62.4 Å². The van der Waals surface area contributed by atoms with E-state index in [-0.39, 0.29) is 11.8 Å². The van der Waals surface area contributed by atoms with Crippen LogP contribution in [-0.4, -0.2) is 110 Å². The molecule has 0 spiro atoms. The van der Waals surface area contributed by atoms with Gasteiger partial charge in [0.25, 0.3) is 0 Å². The second-order valence-electron chi connectivity index (χ2n) is 17.7. The van der Waals surface area contributed by atoms with E-state index in [0.29, 0.717) is 130 Å². The zero-order chi connectivity index (χ0) is 41.0. The summed E-state index contributed by atoms with van der Waals surface area (Å²) in [6.45, 7) is 11.4. The molecule has 2 aliphatic carbocycles. The first-order valence-electron chi connectivity index (χ1n) is 21.8. The molecule has 312 valence electrons. The maximum atomic E-state index is 7.99. The molecule has 0 saturated heterocycles. The van der Waals surface area contributed by atoms with E-state index in [1.807, 2.05) is 12.4 Å². The van der Waals surface area contributed by atoms with E-state index in [1.165, 1.54) is 12.8 Å². The SMILES string of the molecule is CC1CCCC(C)C1C[O][Ge]1([O]CC2C(C)CCCC2C)[N]2C3=NC4=NC(=Nc5c6nccnc6c([n]51)N=C1N=C(NC2c2nccnc23)C2=C1N=CCN2)C1=C4N=CCN1. The van der Waals surface area contributed by atoms with E-state index < -0.39 is 20.6 Å². The Balaban J connectivity index is 1.21. The number of hydrogen-bond donors (Lipinski definition) is 3. The molecule has 5 atom stereocenters. The van der Waals surface area contributed by atoms with Gasteiger partial charge in [-0.2, -0.15) is 0 Å². The van der Waals surface area contributed by atoms with Crippen LogP contribution in [0.15, 0.2) is 82.5 Å². The van der Waals surface area contributed by atoms with Crippen molar-refractivity contribution in [2.45, 2.75) is 72.4 Å². The third kappa shape index (κ3) is 5.70. The van der Waals surface area contributed by atoms with Gasteiger partial charge in [0.15, 0.2) is 0 Å². The Kier molecular flexibility index (Phi) is 8.75. The number of fused-ring (bicyclic) bond motifs is 12. The van der Waals surface area contributed by atoms with E-state index in [9.17, 15) is 0 Å². The predicted molar refractivity (Wildman–Crippen MR) is 234 cm³/mol. The summed E-state index contributed by atoms with van der Waals surface area (Å²) in [5.74, 6) is 5.66. The van der Waals surface area contributed by atoms with Crippen LogP contribution in [-0.2, 0) is 7.53 Å². The molecule has 18 nitrogen and oxygen atoms in total. The first-order chi connectivity index (χ1) is 29.9. The standard InChI is InChI=1S/C42H48GeN16O2/c1-21-7-5-8-22(2)25(21)19-60-43(61-20-26-23(3)9-6-10-24(26)4)58-39-31-32(49-16-15-48-31)41(58)56-37-29-30(47-14-13-46-29)38(53-37)57-42-34-33(50-17-18-51-34)40(59(42)43)55-36-28-27(35(52-36)54-39)44-11-12-45-28/h11,14-18,21-26,40,45-46H,5-10,12-13,19-20H2,1-4H3,(H,52,54,55). The summed E-state index contributed by atoms with van der Waals surface area (Å²) < 4.78 is 20.3. The zero-order valence-electron chi connectivity index (χ0n) is 34.7. The average molecular weight is 882 g/mol. The van der Waals surface area contributed by atoms with Crippen molar-refractivity contribution in [2.75, 3.05) is 26.3 Å². The Morgan fingerprint density at radius 3 is 1.85 bits per heavy atom. The van der Waals surface area contributed by atoms with Crippen molar-refractivity contribution in [3.8, 4) is 0 Å². The van der Waals surface area contributed by atoms with Gasteiger partial charge < -0.3 is 0 Å². The second kappa shape index (κ2) is 14.3. The van der Waals surface area contributed by atoms with Crippen molar-refractivity contribution < 1.29 is 7.53 Å². The summed E-state index contributed by atoms with van der Waals surface area (Å²) >= 11 is -5.18. The molecule has 61 heavy (non-hydrogen) atoms. The Morgan fingerprint density at radius 1 is 0.639 bits per heavy atom. The van der Waals surface area contributed by atoms with Crippen molar-refractivity contribution in [1.29, 1.82) is 0 Å². The van der Waals surface area contributed by atoms with Crippen LogP contribution in [0.3, 0.4) is 0 Å². The number of aromatic nitrogens is 5. The van der Waals surface area contributed by atoms with Crippen molar-refractivity contribution in [1.82, 2.24) is 43.3 Å². The third-order valence-corrected chi connectivity index (χ3v) is 20.8. The molecule has 3 aromatic rings. The van der Waals surface area contributed by atoms with Gasteiger partial charge in [-0.1, -0.05) is 0 Å². The number of aliphatic imine (C=N–C) groups is 7. The molecule has 7 aliphatic heterocycles. The molecule has 3 aromatic heterocycles. The molecule has 19 heteroatoms. The van der Waals surface area contributed by atoms with Crippen molar-refractivity contribution in [3.63, 3.8) is 0 Å². The Morgan fingerprint density at radius 2 is 1.20 bits per heavy atom. The van der Waals surface area contributed by atoms with Crippen LogP contribution in [0.2, 0.25) is 0 Å². The molecule has 12 rings (SSSR count). The zero-order valence-corrected chi connectivity index (χ0v) is 36.8. The molecular formula is C42H48GeN16O2. The van der Waals surface area contributed by atoms with Crippen LogP contribution >= 0.6 is 0 Å². The molecular weight excluding hydrogens is 833 g/mol. The van der Waals surface area contributed by atoms with Crippen LogP contribution in [0.4, 0.5) is 11.6 Å². The summed E-state index contributed by atoms with van der Waals surface area (Å²) in [5, 5.41) is 10.9. The summed E-state index contributed by atoms with van der Waals surface area (Å²) in [6.07, 6.45) is 16.8. The third-order valence-electron chi connectivity index (χ3n) is 14.2. The summed E-state index contributed by atoms with van der Waals surface area (Å²) in [6, 6.07) is 0. The summed E-state index contributed by atoms with van der Waals surface area (Å²) in [5.41, 5.74) is 4.96. The van der Waals surface area contributed by atoms with Gasteiger partial charge >= 0.3 is 358 Å². The van der Waals surface area contributed by atoms with E-state index >= 15 is 0 Å². The molecule has 2 fully saturated rings. The number of amidine groups is 5. The van der Waals surface area contributed by atoms with Gasteiger partial charge in [-0.05, 0) is 0 Å². The van der Waals surface area contributed by atoms with Gasteiger partial charge in [-0.25, -0.2) is 0 Å². The van der Waals surface area contributed by atoms with E-state index in [1.54, 1.807) is 24.8 Å². The van der Waals surface area contributed by atoms with Gasteiger partial charge in [-0.15, -0.1) is 0 Å². The quantitative estimate of drug-likeness (QED) is 0.291. The van der Waals surface area contributed by atoms with Gasteiger partial charge in [-0.3, -0.25) is 0 Å². The molecule has 10 heterocycles. The fourth-order valence-corrected chi connectivity index (χ4v) is 18.0. The minimum atomic E-state index is -5.18. The second-order valence-corrected chi connectivity index (χ2v) is 23.2. The molecule has 5 unspecified atom stereocenters. The van der Waals surface area contributed by atoms with Crippen molar-refractivity contribution in [2.24, 2.45) is 70.5 Å². The van der Waals surface area contributed by atoms with Gasteiger partial charge in [0.2, 0.25) is 0 Å². The topological polar surface area (TPSA) is 201 Å². The molecule has 6 bridgehead atoms. The Hall–Kier alpha value is -5.47. The Bertz CT molecular complexity index is 2620. The number of nitrogens with zero attached hydrogens (tertiary/aromatic N) is 13. The van der Waals surface area contributed by atoms with E-state index in [2.05, 4.69) is 51.0 Å². The molecule has 3 N–H and O–H groups in total. The summed E-state index contributed by atoms with van der Waals surface area (Å²) in [4.78, 5) is 56.5. The van der Waals surface area contributed by atoms with E-state index in [0.717, 1.165) is 31.4 Å². The molecule has 0 amide bonds. The first kappa shape index (κ1) is 37.3. The molecule has 9 aliphatic rings. The monoisotopic (exact) mass is 882 g/mol. The number of nitrogens with one attached hydrogen (secondary N) is 3. The minimum absolute atomic E-state index is 0.274. The molecule has 0 aromatic carbocycles. The first-order valence-corrected chi connectivity index (χ1v) is 25.4. The fourth-order valence-electron chi connectivity index (χ4n) is 10.8. The van der Waals surface area contributed by atoms with Crippen molar-refractivity contribution >= 4 is 78.7 Å².